The highest BCUT2D eigenvalue weighted by atomic mass is 32.2. The van der Waals surface area contributed by atoms with Crippen LogP contribution in [0.25, 0.3) is 0 Å². The van der Waals surface area contributed by atoms with E-state index in [4.69, 9.17) is 9.88 Å². The Bertz CT molecular complexity index is 401. The first-order valence-corrected chi connectivity index (χ1v) is 7.23. The van der Waals surface area contributed by atoms with Gasteiger partial charge in [0.15, 0.2) is 0 Å². The SMILES string of the molecule is CC(C)(C)OC(=O)N1CCCC(OS(N)(=O)=O)C1. The molecule has 18 heavy (non-hydrogen) atoms. The third-order valence-corrected chi connectivity index (χ3v) is 2.84. The second-order valence-electron chi connectivity index (χ2n) is 5.28. The van der Waals surface area contributed by atoms with E-state index < -0.39 is 28.1 Å². The highest BCUT2D eigenvalue weighted by molar-refractivity contribution is 7.84. The fourth-order valence-corrected chi connectivity index (χ4v) is 2.24. The van der Waals surface area contributed by atoms with E-state index in [1.54, 1.807) is 20.8 Å². The summed E-state index contributed by atoms with van der Waals surface area (Å²) in [6.07, 6.45) is 0.140. The summed E-state index contributed by atoms with van der Waals surface area (Å²) in [5, 5.41) is 4.80. The summed E-state index contributed by atoms with van der Waals surface area (Å²) in [5.74, 6) is 0. The molecule has 1 rings (SSSR count). The molecule has 1 aliphatic rings. The van der Waals surface area contributed by atoms with Crippen LogP contribution in [0.3, 0.4) is 0 Å². The van der Waals surface area contributed by atoms with Gasteiger partial charge in [0.2, 0.25) is 0 Å². The zero-order valence-electron chi connectivity index (χ0n) is 10.9. The lowest BCUT2D eigenvalue weighted by Crippen LogP contribution is -2.46. The van der Waals surface area contributed by atoms with Crippen molar-refractivity contribution in [3.63, 3.8) is 0 Å². The van der Waals surface area contributed by atoms with Crippen LogP contribution >= 0.6 is 0 Å². The van der Waals surface area contributed by atoms with Gasteiger partial charge in [0.1, 0.15) is 5.60 Å². The Labute approximate surface area is 107 Å². The maximum absolute atomic E-state index is 11.8. The smallest absolute Gasteiger partial charge is 0.410 e. The topological polar surface area (TPSA) is 98.9 Å². The van der Waals surface area contributed by atoms with Gasteiger partial charge in [-0.15, -0.1) is 0 Å². The minimum atomic E-state index is -3.99. The van der Waals surface area contributed by atoms with Gasteiger partial charge in [-0.25, -0.2) is 9.93 Å². The highest BCUT2D eigenvalue weighted by Crippen LogP contribution is 2.17. The van der Waals surface area contributed by atoms with Crippen LogP contribution in [0.15, 0.2) is 0 Å². The molecule has 0 aromatic heterocycles. The van der Waals surface area contributed by atoms with E-state index in [1.807, 2.05) is 0 Å². The Morgan fingerprint density at radius 1 is 1.39 bits per heavy atom. The summed E-state index contributed by atoms with van der Waals surface area (Å²) >= 11 is 0. The van der Waals surface area contributed by atoms with Crippen LogP contribution in [0.4, 0.5) is 4.79 Å². The second kappa shape index (κ2) is 5.41. The number of rotatable bonds is 2. The van der Waals surface area contributed by atoms with Crippen molar-refractivity contribution in [2.45, 2.75) is 45.3 Å². The molecule has 0 spiro atoms. The van der Waals surface area contributed by atoms with Gasteiger partial charge in [0.05, 0.1) is 12.6 Å². The Morgan fingerprint density at radius 3 is 2.50 bits per heavy atom. The monoisotopic (exact) mass is 280 g/mol. The van der Waals surface area contributed by atoms with Crippen molar-refractivity contribution >= 4 is 16.4 Å². The third kappa shape index (κ3) is 5.65. The van der Waals surface area contributed by atoms with Gasteiger partial charge in [-0.1, -0.05) is 0 Å². The van der Waals surface area contributed by atoms with E-state index in [0.717, 1.165) is 0 Å². The van der Waals surface area contributed by atoms with E-state index in [9.17, 15) is 13.2 Å². The molecule has 1 unspecified atom stereocenters. The molecular formula is C10H20N2O5S. The van der Waals surface area contributed by atoms with Crippen molar-refractivity contribution in [3.05, 3.63) is 0 Å². The number of likely N-dealkylation sites (tertiary alicyclic amines) is 1. The molecule has 1 heterocycles. The molecule has 1 saturated heterocycles. The molecule has 0 aromatic carbocycles. The molecule has 0 saturated carbocycles. The minimum absolute atomic E-state index is 0.172. The summed E-state index contributed by atoms with van der Waals surface area (Å²) < 4.78 is 31.5. The van der Waals surface area contributed by atoms with Gasteiger partial charge >= 0.3 is 16.4 Å². The van der Waals surface area contributed by atoms with Crippen LogP contribution in [0.1, 0.15) is 33.6 Å². The maximum Gasteiger partial charge on any atom is 0.410 e. The molecule has 1 fully saturated rings. The van der Waals surface area contributed by atoms with Crippen LogP contribution in [0.5, 0.6) is 0 Å². The van der Waals surface area contributed by atoms with E-state index in [2.05, 4.69) is 4.18 Å². The fourth-order valence-electron chi connectivity index (χ4n) is 1.70. The zero-order valence-corrected chi connectivity index (χ0v) is 11.7. The molecule has 1 aliphatic heterocycles. The third-order valence-electron chi connectivity index (χ3n) is 2.30. The van der Waals surface area contributed by atoms with Crippen molar-refractivity contribution in [1.29, 1.82) is 0 Å². The average molecular weight is 280 g/mol. The Morgan fingerprint density at radius 2 is 2.00 bits per heavy atom. The minimum Gasteiger partial charge on any atom is -0.444 e. The molecule has 1 amide bonds. The maximum atomic E-state index is 11.8. The molecule has 1 atom stereocenters. The molecule has 8 heteroatoms. The first kappa shape index (κ1) is 15.2. The molecule has 106 valence electrons. The number of hydrogen-bond donors (Lipinski definition) is 1. The standard InChI is InChI=1S/C10H20N2O5S/c1-10(2,3)16-9(13)12-6-4-5-8(7-12)17-18(11,14)15/h8H,4-7H2,1-3H3,(H2,11,14,15). The Kier molecular flexibility index (Phi) is 4.57. The number of ether oxygens (including phenoxy) is 1. The number of hydrogen-bond acceptors (Lipinski definition) is 5. The van der Waals surface area contributed by atoms with Gasteiger partial charge < -0.3 is 9.64 Å². The van der Waals surface area contributed by atoms with Crippen molar-refractivity contribution in [2.24, 2.45) is 5.14 Å². The normalized spacial score (nSPS) is 21.8. The first-order valence-electron chi connectivity index (χ1n) is 5.76. The number of nitrogens with zero attached hydrogens (tertiary/aromatic N) is 1. The van der Waals surface area contributed by atoms with Gasteiger partial charge in [-0.05, 0) is 33.6 Å². The molecule has 0 aliphatic carbocycles. The van der Waals surface area contributed by atoms with E-state index in [1.165, 1.54) is 4.90 Å². The summed E-state index contributed by atoms with van der Waals surface area (Å²) in [5.41, 5.74) is -0.579. The van der Waals surface area contributed by atoms with Crippen LogP contribution in [0, 0.1) is 0 Å². The summed E-state index contributed by atoms with van der Waals surface area (Å²) in [4.78, 5) is 13.2. The highest BCUT2D eigenvalue weighted by Gasteiger charge is 2.29. The van der Waals surface area contributed by atoms with Gasteiger partial charge in [0, 0.05) is 6.54 Å². The van der Waals surface area contributed by atoms with Crippen LogP contribution in [0.2, 0.25) is 0 Å². The predicted molar refractivity (Wildman–Crippen MR) is 65.0 cm³/mol. The number of nitrogens with two attached hydrogens (primary N) is 1. The van der Waals surface area contributed by atoms with Gasteiger partial charge in [-0.3, -0.25) is 4.18 Å². The van der Waals surface area contributed by atoms with Gasteiger partial charge in [-0.2, -0.15) is 8.42 Å². The lowest BCUT2D eigenvalue weighted by atomic mass is 10.1. The van der Waals surface area contributed by atoms with Crippen molar-refractivity contribution in [2.75, 3.05) is 13.1 Å². The molecule has 2 N–H and O–H groups in total. The van der Waals surface area contributed by atoms with Crippen LogP contribution < -0.4 is 5.14 Å². The van der Waals surface area contributed by atoms with Crippen molar-refractivity contribution in [1.82, 2.24) is 4.90 Å². The Hall–Kier alpha value is -0.860. The average Bonchev–Trinajstić information content (AvgIpc) is 2.12. The predicted octanol–water partition coefficient (Wildman–Crippen LogP) is 0.606. The van der Waals surface area contributed by atoms with Gasteiger partial charge in [0.25, 0.3) is 0 Å². The van der Waals surface area contributed by atoms with Crippen molar-refractivity contribution < 1.29 is 22.1 Å². The van der Waals surface area contributed by atoms with E-state index in [0.29, 0.717) is 19.4 Å². The van der Waals surface area contributed by atoms with Crippen molar-refractivity contribution in [3.8, 4) is 0 Å². The van der Waals surface area contributed by atoms with E-state index in [-0.39, 0.29) is 6.54 Å². The zero-order chi connectivity index (χ0) is 14.0. The van der Waals surface area contributed by atoms with E-state index >= 15 is 0 Å². The fraction of sp³-hybridized carbons (Fsp3) is 0.900. The Balaban J connectivity index is 2.56. The molecule has 0 radical (unpaired) electrons. The summed E-state index contributed by atoms with van der Waals surface area (Å²) in [6, 6.07) is 0. The molecule has 7 nitrogen and oxygen atoms in total. The number of amides is 1. The van der Waals surface area contributed by atoms with Crippen LogP contribution in [-0.2, 0) is 19.2 Å². The summed E-state index contributed by atoms with van der Waals surface area (Å²) in [7, 11) is -3.99. The first-order chi connectivity index (χ1) is 8.07. The number of piperidine rings is 1. The second-order valence-corrected chi connectivity index (χ2v) is 6.46. The number of carbonyl (C=O) groups excluding carboxylic acids is 1. The molecular weight excluding hydrogens is 260 g/mol. The summed E-state index contributed by atoms with van der Waals surface area (Å²) in [6.45, 7) is 6.01. The lowest BCUT2D eigenvalue weighted by molar-refractivity contribution is 0.00840. The molecule has 0 aromatic rings. The lowest BCUT2D eigenvalue weighted by Gasteiger charge is -2.33. The largest absolute Gasteiger partial charge is 0.444 e. The molecule has 0 bridgehead atoms. The quantitative estimate of drug-likeness (QED) is 0.798. The van der Waals surface area contributed by atoms with Crippen LogP contribution in [-0.4, -0.2) is 44.2 Å². The number of carbonyl (C=O) groups is 1.